The summed E-state index contributed by atoms with van der Waals surface area (Å²) in [7, 11) is 1.73. The van der Waals surface area contributed by atoms with E-state index in [-0.39, 0.29) is 6.03 Å². The van der Waals surface area contributed by atoms with Gasteiger partial charge in [-0.1, -0.05) is 13.3 Å². The Hall–Kier alpha value is -1.26. The lowest BCUT2D eigenvalue weighted by atomic mass is 10.2. The first kappa shape index (κ1) is 12.8. The summed E-state index contributed by atoms with van der Waals surface area (Å²) in [6, 6.07) is -0.782. The van der Waals surface area contributed by atoms with E-state index in [1.165, 1.54) is 4.90 Å². The maximum Gasteiger partial charge on any atom is 0.326 e. The van der Waals surface area contributed by atoms with Crippen molar-refractivity contribution >= 4 is 12.0 Å². The van der Waals surface area contributed by atoms with Crippen molar-refractivity contribution in [3.63, 3.8) is 0 Å². The first-order valence-corrected chi connectivity index (χ1v) is 5.82. The Kier molecular flexibility index (Phi) is 4.58. The number of urea groups is 1. The fourth-order valence-electron chi connectivity index (χ4n) is 1.96. The maximum atomic E-state index is 12.0. The lowest BCUT2D eigenvalue weighted by Gasteiger charge is -2.27. The van der Waals surface area contributed by atoms with Crippen molar-refractivity contribution in [2.45, 2.75) is 38.6 Å². The predicted molar refractivity (Wildman–Crippen MR) is 60.3 cm³/mol. The van der Waals surface area contributed by atoms with Crippen molar-refractivity contribution in [3.8, 4) is 0 Å². The second-order valence-electron chi connectivity index (χ2n) is 4.25. The molecular formula is C11H20N2O3. The number of carbonyl (C=O) groups excluding carboxylic acids is 1. The van der Waals surface area contributed by atoms with Gasteiger partial charge in [-0.3, -0.25) is 0 Å². The Morgan fingerprint density at radius 2 is 2.19 bits per heavy atom. The van der Waals surface area contributed by atoms with Crippen LogP contribution < -0.4 is 0 Å². The molecule has 2 amide bonds. The van der Waals surface area contributed by atoms with Gasteiger partial charge in [-0.25, -0.2) is 9.59 Å². The van der Waals surface area contributed by atoms with E-state index in [9.17, 15) is 9.59 Å². The molecule has 1 N–H and O–H groups in total. The summed E-state index contributed by atoms with van der Waals surface area (Å²) in [6.07, 6.45) is 3.33. The monoisotopic (exact) mass is 228 g/mol. The van der Waals surface area contributed by atoms with Crippen LogP contribution in [0.5, 0.6) is 0 Å². The molecular weight excluding hydrogens is 208 g/mol. The van der Waals surface area contributed by atoms with Crippen molar-refractivity contribution in [1.29, 1.82) is 0 Å². The van der Waals surface area contributed by atoms with E-state index in [0.717, 1.165) is 19.3 Å². The number of aliphatic carboxylic acids is 1. The number of amides is 2. The number of carboxylic acid groups (broad SMARTS) is 1. The van der Waals surface area contributed by atoms with Crippen molar-refractivity contribution in [3.05, 3.63) is 0 Å². The predicted octanol–water partition coefficient (Wildman–Crippen LogP) is 1.39. The molecule has 1 heterocycles. The van der Waals surface area contributed by atoms with Crippen molar-refractivity contribution in [2.24, 2.45) is 0 Å². The molecule has 0 aromatic rings. The van der Waals surface area contributed by atoms with Crippen LogP contribution in [-0.4, -0.2) is 53.1 Å². The highest BCUT2D eigenvalue weighted by Gasteiger charge is 2.35. The molecule has 5 heteroatoms. The van der Waals surface area contributed by atoms with Crippen LogP contribution >= 0.6 is 0 Å². The van der Waals surface area contributed by atoms with Gasteiger partial charge in [0.2, 0.25) is 0 Å². The Morgan fingerprint density at radius 1 is 1.50 bits per heavy atom. The standard InChI is InChI=1S/C11H20N2O3/c1-3-4-7-12(2)11(16)13-8-5-6-9(13)10(14)15/h9H,3-8H2,1-2H3,(H,14,15)/t9-/m0/s1. The Morgan fingerprint density at radius 3 is 2.75 bits per heavy atom. The highest BCUT2D eigenvalue weighted by atomic mass is 16.4. The lowest BCUT2D eigenvalue weighted by Crippen LogP contribution is -2.46. The third-order valence-corrected chi connectivity index (χ3v) is 2.96. The molecule has 1 aliphatic rings. The largest absolute Gasteiger partial charge is 0.480 e. The first-order valence-electron chi connectivity index (χ1n) is 5.82. The zero-order valence-electron chi connectivity index (χ0n) is 9.98. The molecule has 0 aromatic heterocycles. The van der Waals surface area contributed by atoms with Gasteiger partial charge in [0.05, 0.1) is 0 Å². The van der Waals surface area contributed by atoms with Gasteiger partial charge in [0.25, 0.3) is 0 Å². The molecule has 0 radical (unpaired) electrons. The van der Waals surface area contributed by atoms with E-state index in [1.54, 1.807) is 11.9 Å². The maximum absolute atomic E-state index is 12.0. The van der Waals surface area contributed by atoms with Gasteiger partial charge >= 0.3 is 12.0 Å². The quantitative estimate of drug-likeness (QED) is 0.791. The molecule has 1 atom stereocenters. The van der Waals surface area contributed by atoms with Crippen molar-refractivity contribution in [2.75, 3.05) is 20.1 Å². The molecule has 0 saturated carbocycles. The smallest absolute Gasteiger partial charge is 0.326 e. The number of nitrogens with zero attached hydrogens (tertiary/aromatic N) is 2. The molecule has 1 rings (SSSR count). The molecule has 1 aliphatic heterocycles. The normalized spacial score (nSPS) is 19.9. The van der Waals surface area contributed by atoms with Crippen LogP contribution in [0.15, 0.2) is 0 Å². The molecule has 0 bridgehead atoms. The zero-order chi connectivity index (χ0) is 12.1. The molecule has 5 nitrogen and oxygen atoms in total. The average molecular weight is 228 g/mol. The number of carboxylic acids is 1. The summed E-state index contributed by atoms with van der Waals surface area (Å²) in [4.78, 5) is 26.0. The number of carbonyl (C=O) groups is 2. The van der Waals surface area contributed by atoms with Gasteiger partial charge in [0.1, 0.15) is 6.04 Å². The summed E-state index contributed by atoms with van der Waals surface area (Å²) in [5.74, 6) is -0.894. The summed E-state index contributed by atoms with van der Waals surface area (Å²) in [6.45, 7) is 3.32. The number of rotatable bonds is 4. The van der Waals surface area contributed by atoms with Gasteiger partial charge in [-0.2, -0.15) is 0 Å². The zero-order valence-corrected chi connectivity index (χ0v) is 9.98. The molecule has 0 aromatic carbocycles. The van der Waals surface area contributed by atoms with Gasteiger partial charge in [0.15, 0.2) is 0 Å². The van der Waals surface area contributed by atoms with Gasteiger partial charge < -0.3 is 14.9 Å². The Bertz CT molecular complexity index is 268. The molecule has 0 unspecified atom stereocenters. The van der Waals surface area contributed by atoms with E-state index < -0.39 is 12.0 Å². The second kappa shape index (κ2) is 5.72. The summed E-state index contributed by atoms with van der Waals surface area (Å²) in [5.41, 5.74) is 0. The molecule has 92 valence electrons. The molecule has 0 spiro atoms. The van der Waals surface area contributed by atoms with Crippen molar-refractivity contribution in [1.82, 2.24) is 9.80 Å². The fraction of sp³-hybridized carbons (Fsp3) is 0.818. The third kappa shape index (κ3) is 2.87. The van der Waals surface area contributed by atoms with E-state index in [0.29, 0.717) is 19.5 Å². The van der Waals surface area contributed by atoms with Crippen LogP contribution in [0, 0.1) is 0 Å². The van der Waals surface area contributed by atoms with Gasteiger partial charge in [-0.15, -0.1) is 0 Å². The molecule has 0 aliphatic carbocycles. The fourth-order valence-corrected chi connectivity index (χ4v) is 1.96. The molecule has 1 fully saturated rings. The van der Waals surface area contributed by atoms with Crippen LogP contribution in [0.3, 0.4) is 0 Å². The third-order valence-electron chi connectivity index (χ3n) is 2.96. The minimum atomic E-state index is -0.894. The number of hydrogen-bond donors (Lipinski definition) is 1. The van der Waals surface area contributed by atoms with Crippen LogP contribution in [-0.2, 0) is 4.79 Å². The molecule has 16 heavy (non-hydrogen) atoms. The number of likely N-dealkylation sites (tertiary alicyclic amines) is 1. The van der Waals surface area contributed by atoms with Crippen molar-refractivity contribution < 1.29 is 14.7 Å². The molecule has 1 saturated heterocycles. The first-order chi connectivity index (χ1) is 7.57. The van der Waals surface area contributed by atoms with Gasteiger partial charge in [-0.05, 0) is 19.3 Å². The van der Waals surface area contributed by atoms with Crippen LogP contribution in [0.4, 0.5) is 4.79 Å². The highest BCUT2D eigenvalue weighted by Crippen LogP contribution is 2.18. The van der Waals surface area contributed by atoms with Crippen LogP contribution in [0.25, 0.3) is 0 Å². The number of hydrogen-bond acceptors (Lipinski definition) is 2. The lowest BCUT2D eigenvalue weighted by molar-refractivity contribution is -0.141. The topological polar surface area (TPSA) is 60.9 Å². The summed E-state index contributed by atoms with van der Waals surface area (Å²) in [5, 5.41) is 8.98. The van der Waals surface area contributed by atoms with E-state index in [2.05, 4.69) is 6.92 Å². The van der Waals surface area contributed by atoms with E-state index in [1.807, 2.05) is 0 Å². The minimum absolute atomic E-state index is 0.154. The van der Waals surface area contributed by atoms with Crippen LogP contribution in [0.1, 0.15) is 32.6 Å². The second-order valence-corrected chi connectivity index (χ2v) is 4.25. The van der Waals surface area contributed by atoms with E-state index >= 15 is 0 Å². The van der Waals surface area contributed by atoms with E-state index in [4.69, 9.17) is 5.11 Å². The highest BCUT2D eigenvalue weighted by molar-refractivity contribution is 5.83. The number of unbranched alkanes of at least 4 members (excludes halogenated alkanes) is 1. The minimum Gasteiger partial charge on any atom is -0.480 e. The summed E-state index contributed by atoms with van der Waals surface area (Å²) >= 11 is 0. The van der Waals surface area contributed by atoms with Crippen LogP contribution in [0.2, 0.25) is 0 Å². The average Bonchev–Trinajstić information content (AvgIpc) is 2.73. The Balaban J connectivity index is 2.55. The Labute approximate surface area is 96.0 Å². The van der Waals surface area contributed by atoms with Gasteiger partial charge in [0, 0.05) is 20.1 Å². The summed E-state index contributed by atoms with van der Waals surface area (Å²) < 4.78 is 0. The SMILES string of the molecule is CCCCN(C)C(=O)N1CCC[C@H]1C(=O)O.